The highest BCUT2D eigenvalue weighted by Crippen LogP contribution is 2.20. The van der Waals surface area contributed by atoms with E-state index in [2.05, 4.69) is 10.3 Å². The second kappa shape index (κ2) is 6.01. The van der Waals surface area contributed by atoms with Crippen LogP contribution in [0.3, 0.4) is 0 Å². The quantitative estimate of drug-likeness (QED) is 0.868. The minimum absolute atomic E-state index is 0.0334. The van der Waals surface area contributed by atoms with Crippen molar-refractivity contribution in [3.63, 3.8) is 0 Å². The number of amides is 1. The number of nitrogens with zero attached hydrogens (tertiary/aromatic N) is 1. The molecule has 0 radical (unpaired) electrons. The van der Waals surface area contributed by atoms with Crippen LogP contribution in [0, 0.1) is 0 Å². The van der Waals surface area contributed by atoms with Gasteiger partial charge in [0, 0.05) is 11.9 Å². The van der Waals surface area contributed by atoms with Gasteiger partial charge in [0.25, 0.3) is 5.91 Å². The van der Waals surface area contributed by atoms with Gasteiger partial charge < -0.3 is 5.32 Å². The minimum atomic E-state index is -3.35. The lowest BCUT2D eigenvalue weighted by Crippen LogP contribution is -2.14. The Labute approximate surface area is 131 Å². The lowest BCUT2D eigenvalue weighted by atomic mass is 10.3. The molecule has 1 N–H and O–H groups in total. The highest BCUT2D eigenvalue weighted by molar-refractivity contribution is 7.90. The molecule has 2 aromatic rings. The van der Waals surface area contributed by atoms with Gasteiger partial charge in [0.2, 0.25) is 0 Å². The number of hydrogen-bond acceptors (Lipinski definition) is 4. The third-order valence-electron chi connectivity index (χ3n) is 2.55. The normalized spacial score (nSPS) is 11.2. The van der Waals surface area contributed by atoms with Crippen molar-refractivity contribution in [1.29, 1.82) is 0 Å². The molecule has 0 aliphatic rings. The van der Waals surface area contributed by atoms with Gasteiger partial charge in [-0.2, -0.15) is 0 Å². The Morgan fingerprint density at radius 3 is 2.57 bits per heavy atom. The summed E-state index contributed by atoms with van der Waals surface area (Å²) < 4.78 is 23.0. The smallest absolute Gasteiger partial charge is 0.275 e. The molecule has 0 atom stereocenters. The third kappa shape index (κ3) is 3.93. The Morgan fingerprint density at radius 1 is 1.19 bits per heavy atom. The summed E-state index contributed by atoms with van der Waals surface area (Å²) in [6.45, 7) is 0. The van der Waals surface area contributed by atoms with Crippen LogP contribution in [0.5, 0.6) is 0 Å². The topological polar surface area (TPSA) is 76.1 Å². The lowest BCUT2D eigenvalue weighted by Gasteiger charge is -2.07. The van der Waals surface area contributed by atoms with Crippen molar-refractivity contribution in [1.82, 2.24) is 4.98 Å². The van der Waals surface area contributed by atoms with Gasteiger partial charge in [0.1, 0.15) is 10.8 Å². The second-order valence-electron chi connectivity index (χ2n) is 4.22. The van der Waals surface area contributed by atoms with Crippen LogP contribution in [0.25, 0.3) is 0 Å². The largest absolute Gasteiger partial charge is 0.321 e. The van der Waals surface area contributed by atoms with Gasteiger partial charge in [0.15, 0.2) is 9.84 Å². The molecule has 1 aromatic carbocycles. The van der Waals surface area contributed by atoms with Gasteiger partial charge in [-0.05, 0) is 30.3 Å². The van der Waals surface area contributed by atoms with Crippen LogP contribution in [-0.4, -0.2) is 25.6 Å². The number of anilines is 1. The van der Waals surface area contributed by atoms with E-state index < -0.39 is 15.7 Å². The predicted molar refractivity (Wildman–Crippen MR) is 81.8 cm³/mol. The Morgan fingerprint density at radius 2 is 1.90 bits per heavy atom. The van der Waals surface area contributed by atoms with Crippen molar-refractivity contribution >= 4 is 44.6 Å². The van der Waals surface area contributed by atoms with Crippen LogP contribution in [-0.2, 0) is 9.84 Å². The SMILES string of the molecule is CS(=O)(=O)c1cccc(NC(=O)c2nc(Cl)ccc2Cl)c1. The zero-order valence-electron chi connectivity index (χ0n) is 10.8. The average molecular weight is 345 g/mol. The summed E-state index contributed by atoms with van der Waals surface area (Å²) in [4.78, 5) is 16.0. The number of sulfone groups is 1. The Balaban J connectivity index is 2.30. The van der Waals surface area contributed by atoms with Crippen LogP contribution in [0.15, 0.2) is 41.3 Å². The van der Waals surface area contributed by atoms with Crippen molar-refractivity contribution in [2.24, 2.45) is 0 Å². The molecule has 0 aliphatic carbocycles. The zero-order chi connectivity index (χ0) is 15.6. The van der Waals surface area contributed by atoms with Crippen LogP contribution < -0.4 is 5.32 Å². The molecular formula is C13H10Cl2N2O3S. The fraction of sp³-hybridized carbons (Fsp3) is 0.0769. The van der Waals surface area contributed by atoms with Gasteiger partial charge in [-0.1, -0.05) is 29.3 Å². The summed E-state index contributed by atoms with van der Waals surface area (Å²) in [6, 6.07) is 8.80. The van der Waals surface area contributed by atoms with Gasteiger partial charge in [0.05, 0.1) is 9.92 Å². The fourth-order valence-electron chi connectivity index (χ4n) is 1.57. The maximum absolute atomic E-state index is 12.1. The monoisotopic (exact) mass is 344 g/mol. The number of carbonyl (C=O) groups is 1. The van der Waals surface area contributed by atoms with Crippen molar-refractivity contribution in [2.75, 3.05) is 11.6 Å². The van der Waals surface area contributed by atoms with E-state index in [1.54, 1.807) is 6.07 Å². The second-order valence-corrected chi connectivity index (χ2v) is 7.03. The highest BCUT2D eigenvalue weighted by atomic mass is 35.5. The number of benzene rings is 1. The van der Waals surface area contributed by atoms with Crippen molar-refractivity contribution in [3.05, 3.63) is 52.3 Å². The van der Waals surface area contributed by atoms with Crippen LogP contribution in [0.2, 0.25) is 10.2 Å². The molecule has 1 heterocycles. The first-order valence-corrected chi connectivity index (χ1v) is 8.35. The molecule has 0 unspecified atom stereocenters. The Hall–Kier alpha value is -1.63. The average Bonchev–Trinajstić information content (AvgIpc) is 2.41. The molecular weight excluding hydrogens is 335 g/mol. The molecule has 110 valence electrons. The summed E-state index contributed by atoms with van der Waals surface area (Å²) in [5.41, 5.74) is 0.287. The number of aromatic nitrogens is 1. The first-order chi connectivity index (χ1) is 9.77. The van der Waals surface area contributed by atoms with Gasteiger partial charge in [-0.3, -0.25) is 4.79 Å². The fourth-order valence-corrected chi connectivity index (χ4v) is 2.58. The predicted octanol–water partition coefficient (Wildman–Crippen LogP) is 3.04. The highest BCUT2D eigenvalue weighted by Gasteiger charge is 2.14. The van der Waals surface area contributed by atoms with Gasteiger partial charge in [-0.15, -0.1) is 0 Å². The van der Waals surface area contributed by atoms with Crippen LogP contribution >= 0.6 is 23.2 Å². The molecule has 5 nitrogen and oxygen atoms in total. The standard InChI is InChI=1S/C13H10Cl2N2O3S/c1-21(19,20)9-4-2-3-8(7-9)16-13(18)12-10(14)5-6-11(15)17-12/h2-7H,1H3,(H,16,18). The molecule has 8 heteroatoms. The minimum Gasteiger partial charge on any atom is -0.321 e. The van der Waals surface area contributed by atoms with Crippen LogP contribution in [0.1, 0.15) is 10.5 Å². The van der Waals surface area contributed by atoms with E-state index in [4.69, 9.17) is 23.2 Å². The van der Waals surface area contributed by atoms with E-state index in [1.165, 1.54) is 30.3 Å². The summed E-state index contributed by atoms with van der Waals surface area (Å²) >= 11 is 11.6. The number of rotatable bonds is 3. The molecule has 1 amide bonds. The number of halogens is 2. The molecule has 0 aliphatic heterocycles. The first kappa shape index (κ1) is 15.8. The molecule has 0 saturated heterocycles. The van der Waals surface area contributed by atoms with E-state index in [1.807, 2.05) is 0 Å². The summed E-state index contributed by atoms with van der Waals surface area (Å²) in [7, 11) is -3.35. The van der Waals surface area contributed by atoms with E-state index in [-0.39, 0.29) is 20.8 Å². The van der Waals surface area contributed by atoms with Crippen molar-refractivity contribution in [2.45, 2.75) is 4.90 Å². The molecule has 2 rings (SSSR count). The molecule has 21 heavy (non-hydrogen) atoms. The number of hydrogen-bond donors (Lipinski definition) is 1. The molecule has 0 saturated carbocycles. The summed E-state index contributed by atoms with van der Waals surface area (Å²) in [6.07, 6.45) is 1.09. The maximum Gasteiger partial charge on any atom is 0.275 e. The van der Waals surface area contributed by atoms with Gasteiger partial charge in [-0.25, -0.2) is 13.4 Å². The van der Waals surface area contributed by atoms with E-state index in [0.717, 1.165) is 6.26 Å². The molecule has 0 fully saturated rings. The summed E-state index contributed by atoms with van der Waals surface area (Å²) in [5.74, 6) is -0.576. The van der Waals surface area contributed by atoms with Crippen LogP contribution in [0.4, 0.5) is 5.69 Å². The van der Waals surface area contributed by atoms with E-state index in [0.29, 0.717) is 5.69 Å². The Bertz CT molecular complexity index is 807. The molecule has 0 bridgehead atoms. The molecule has 1 aromatic heterocycles. The van der Waals surface area contributed by atoms with Crippen molar-refractivity contribution < 1.29 is 13.2 Å². The number of nitrogens with one attached hydrogen (secondary N) is 1. The summed E-state index contributed by atoms with van der Waals surface area (Å²) in [5, 5.41) is 2.81. The lowest BCUT2D eigenvalue weighted by molar-refractivity contribution is 0.102. The van der Waals surface area contributed by atoms with Crippen molar-refractivity contribution in [3.8, 4) is 0 Å². The van der Waals surface area contributed by atoms with E-state index >= 15 is 0 Å². The number of pyridine rings is 1. The zero-order valence-corrected chi connectivity index (χ0v) is 13.1. The Kier molecular flexibility index (Phi) is 4.51. The van der Waals surface area contributed by atoms with E-state index in [9.17, 15) is 13.2 Å². The first-order valence-electron chi connectivity index (χ1n) is 5.71. The molecule has 0 spiro atoms. The third-order valence-corrected chi connectivity index (χ3v) is 4.17. The number of carbonyl (C=O) groups excluding carboxylic acids is 1. The maximum atomic E-state index is 12.1. The van der Waals surface area contributed by atoms with Gasteiger partial charge >= 0.3 is 0 Å².